The number of nitrogens with zero attached hydrogens (tertiary/aromatic N) is 3. The molecule has 0 aliphatic carbocycles. The van der Waals surface area contributed by atoms with Gasteiger partial charge in [-0.05, 0) is 13.0 Å². The predicted octanol–water partition coefficient (Wildman–Crippen LogP) is 0.961. The van der Waals surface area contributed by atoms with E-state index >= 15 is 0 Å². The molecule has 0 amide bonds. The fourth-order valence-corrected chi connectivity index (χ4v) is 1.60. The van der Waals surface area contributed by atoms with Crippen LogP contribution >= 0.6 is 0 Å². The summed E-state index contributed by atoms with van der Waals surface area (Å²) in [4.78, 5) is 10.7. The van der Waals surface area contributed by atoms with E-state index in [-0.39, 0.29) is 6.61 Å². The van der Waals surface area contributed by atoms with Crippen molar-refractivity contribution in [3.8, 4) is 0 Å². The Morgan fingerprint density at radius 1 is 1.50 bits per heavy atom. The molecule has 100 valence electrons. The van der Waals surface area contributed by atoms with E-state index in [2.05, 4.69) is 28.8 Å². The van der Waals surface area contributed by atoms with Gasteiger partial charge in [0.25, 0.3) is 0 Å². The van der Waals surface area contributed by atoms with Gasteiger partial charge < -0.3 is 15.3 Å². The van der Waals surface area contributed by atoms with Gasteiger partial charge in [0.1, 0.15) is 5.82 Å². The second-order valence-corrected chi connectivity index (χ2v) is 4.00. The Balaban J connectivity index is 2.68. The Bertz CT molecular complexity index is 357. The highest BCUT2D eigenvalue weighted by molar-refractivity contribution is 5.37. The number of rotatable bonds is 9. The molecule has 0 saturated carbocycles. The van der Waals surface area contributed by atoms with Crippen molar-refractivity contribution in [1.82, 2.24) is 15.3 Å². The van der Waals surface area contributed by atoms with E-state index in [0.717, 1.165) is 31.0 Å². The molecular weight excluding hydrogens is 228 g/mol. The van der Waals surface area contributed by atoms with E-state index in [1.165, 1.54) is 0 Å². The highest BCUT2D eigenvalue weighted by atomic mass is 16.3. The first-order valence-electron chi connectivity index (χ1n) is 6.30. The third-order valence-corrected chi connectivity index (χ3v) is 2.45. The van der Waals surface area contributed by atoms with Crippen molar-refractivity contribution in [2.75, 3.05) is 31.1 Å². The first-order valence-corrected chi connectivity index (χ1v) is 6.30. The quantitative estimate of drug-likeness (QED) is 0.505. The van der Waals surface area contributed by atoms with E-state index in [9.17, 15) is 0 Å². The molecule has 0 atom stereocenters. The number of anilines is 1. The normalized spacial score (nSPS) is 10.3. The number of nitrogens with one attached hydrogen (secondary N) is 1. The van der Waals surface area contributed by atoms with Gasteiger partial charge in [-0.25, -0.2) is 4.98 Å². The van der Waals surface area contributed by atoms with Crippen molar-refractivity contribution in [3.05, 3.63) is 30.7 Å². The smallest absolute Gasteiger partial charge is 0.147 e. The Kier molecular flexibility index (Phi) is 6.98. The maximum Gasteiger partial charge on any atom is 0.147 e. The molecule has 0 aliphatic heterocycles. The summed E-state index contributed by atoms with van der Waals surface area (Å²) in [7, 11) is 0. The lowest BCUT2D eigenvalue weighted by Crippen LogP contribution is -2.28. The van der Waals surface area contributed by atoms with Gasteiger partial charge in [-0.1, -0.05) is 13.0 Å². The molecule has 0 fully saturated rings. The van der Waals surface area contributed by atoms with E-state index in [1.54, 1.807) is 18.5 Å². The summed E-state index contributed by atoms with van der Waals surface area (Å²) >= 11 is 0. The second kappa shape index (κ2) is 8.60. The third-order valence-electron chi connectivity index (χ3n) is 2.45. The van der Waals surface area contributed by atoms with Crippen molar-refractivity contribution in [1.29, 1.82) is 0 Å². The maximum absolute atomic E-state index is 9.03. The molecule has 18 heavy (non-hydrogen) atoms. The van der Waals surface area contributed by atoms with Crippen molar-refractivity contribution >= 4 is 5.82 Å². The Morgan fingerprint density at radius 3 is 3.00 bits per heavy atom. The molecule has 5 nitrogen and oxygen atoms in total. The van der Waals surface area contributed by atoms with Gasteiger partial charge in [-0.15, -0.1) is 6.58 Å². The zero-order valence-corrected chi connectivity index (χ0v) is 11.0. The lowest BCUT2D eigenvalue weighted by molar-refractivity contribution is 0.302. The number of aliphatic hydroxyl groups is 1. The summed E-state index contributed by atoms with van der Waals surface area (Å²) in [5.41, 5.74) is 0.910. The molecule has 1 aromatic heterocycles. The number of hydrogen-bond acceptors (Lipinski definition) is 5. The second-order valence-electron chi connectivity index (χ2n) is 4.00. The minimum absolute atomic E-state index is 0.0911. The van der Waals surface area contributed by atoms with Gasteiger partial charge in [-0.2, -0.15) is 0 Å². The molecule has 0 bridgehead atoms. The fraction of sp³-hybridized carbons (Fsp3) is 0.538. The van der Waals surface area contributed by atoms with Crippen LogP contribution in [0.3, 0.4) is 0 Å². The molecule has 2 N–H and O–H groups in total. The highest BCUT2D eigenvalue weighted by Crippen LogP contribution is 2.09. The van der Waals surface area contributed by atoms with Crippen LogP contribution in [0.4, 0.5) is 5.82 Å². The average molecular weight is 250 g/mol. The summed E-state index contributed by atoms with van der Waals surface area (Å²) < 4.78 is 0. The largest absolute Gasteiger partial charge is 0.395 e. The van der Waals surface area contributed by atoms with Gasteiger partial charge in [0.05, 0.1) is 18.5 Å². The van der Waals surface area contributed by atoms with Gasteiger partial charge >= 0.3 is 0 Å². The van der Waals surface area contributed by atoms with Gasteiger partial charge in [0.15, 0.2) is 0 Å². The van der Waals surface area contributed by atoms with Crippen LogP contribution in [-0.4, -0.2) is 41.3 Å². The minimum atomic E-state index is 0.0911. The molecule has 1 heterocycles. The molecule has 0 aromatic carbocycles. The van der Waals surface area contributed by atoms with Crippen LogP contribution in [0.15, 0.2) is 25.0 Å². The van der Waals surface area contributed by atoms with Crippen LogP contribution in [0, 0.1) is 0 Å². The first kappa shape index (κ1) is 14.6. The topological polar surface area (TPSA) is 61.3 Å². The van der Waals surface area contributed by atoms with Crippen LogP contribution in [-0.2, 0) is 6.54 Å². The Morgan fingerprint density at radius 2 is 2.33 bits per heavy atom. The van der Waals surface area contributed by atoms with Crippen molar-refractivity contribution < 1.29 is 5.11 Å². The fourth-order valence-electron chi connectivity index (χ4n) is 1.60. The predicted molar refractivity (Wildman–Crippen MR) is 73.5 cm³/mol. The van der Waals surface area contributed by atoms with Crippen molar-refractivity contribution in [2.45, 2.75) is 19.9 Å². The molecule has 0 saturated heterocycles. The lowest BCUT2D eigenvalue weighted by Gasteiger charge is -2.21. The third kappa shape index (κ3) is 4.81. The first-order chi connectivity index (χ1) is 8.81. The lowest BCUT2D eigenvalue weighted by atomic mass is 10.4. The molecule has 0 radical (unpaired) electrons. The zero-order valence-electron chi connectivity index (χ0n) is 11.0. The SMILES string of the molecule is C=CCN(CCO)c1cncc(CNCCC)n1. The van der Waals surface area contributed by atoms with Crippen molar-refractivity contribution in [3.63, 3.8) is 0 Å². The van der Waals surface area contributed by atoms with Gasteiger partial charge in [-0.3, -0.25) is 4.98 Å². The Labute approximate surface area is 109 Å². The Hall–Kier alpha value is -1.46. The van der Waals surface area contributed by atoms with Gasteiger partial charge in [0, 0.05) is 25.8 Å². The number of aromatic nitrogens is 2. The summed E-state index contributed by atoms with van der Waals surface area (Å²) in [5.74, 6) is 0.778. The van der Waals surface area contributed by atoms with E-state index in [1.807, 2.05) is 4.90 Å². The van der Waals surface area contributed by atoms with E-state index < -0.39 is 0 Å². The van der Waals surface area contributed by atoms with Crippen LogP contribution in [0.25, 0.3) is 0 Å². The average Bonchev–Trinajstić information content (AvgIpc) is 2.39. The maximum atomic E-state index is 9.03. The molecule has 1 aromatic rings. The number of hydrogen-bond donors (Lipinski definition) is 2. The molecule has 1 rings (SSSR count). The summed E-state index contributed by atoms with van der Waals surface area (Å²) in [5, 5.41) is 12.3. The van der Waals surface area contributed by atoms with E-state index in [0.29, 0.717) is 13.1 Å². The molecule has 5 heteroatoms. The van der Waals surface area contributed by atoms with Gasteiger partial charge in [0.2, 0.25) is 0 Å². The standard InChI is InChI=1S/C13H22N4O/c1-3-5-14-9-12-10-15-11-13(16-12)17(6-4-2)7-8-18/h4,10-11,14,18H,2-3,5-9H2,1H3. The van der Waals surface area contributed by atoms with Crippen molar-refractivity contribution in [2.24, 2.45) is 0 Å². The summed E-state index contributed by atoms with van der Waals surface area (Å²) in [6, 6.07) is 0. The number of aliphatic hydroxyl groups excluding tert-OH is 1. The van der Waals surface area contributed by atoms with Crippen LogP contribution in [0.1, 0.15) is 19.0 Å². The molecular formula is C13H22N4O. The zero-order chi connectivity index (χ0) is 13.2. The summed E-state index contributed by atoms with van der Waals surface area (Å²) in [6.07, 6.45) is 6.36. The highest BCUT2D eigenvalue weighted by Gasteiger charge is 2.06. The minimum Gasteiger partial charge on any atom is -0.395 e. The monoisotopic (exact) mass is 250 g/mol. The molecule has 0 unspecified atom stereocenters. The van der Waals surface area contributed by atoms with Crippen LogP contribution in [0.5, 0.6) is 0 Å². The van der Waals surface area contributed by atoms with E-state index in [4.69, 9.17) is 5.11 Å². The summed E-state index contributed by atoms with van der Waals surface area (Å²) in [6.45, 7) is 8.80. The van der Waals surface area contributed by atoms with Crippen LogP contribution < -0.4 is 10.2 Å². The van der Waals surface area contributed by atoms with Crippen LogP contribution in [0.2, 0.25) is 0 Å². The molecule has 0 spiro atoms. The molecule has 0 aliphatic rings.